The lowest BCUT2D eigenvalue weighted by atomic mass is 10.0. The number of hydrogen-bond donors (Lipinski definition) is 4. The number of carboxylic acid groups (broad SMARTS) is 1. The van der Waals surface area contributed by atoms with Crippen molar-refractivity contribution in [3.05, 3.63) is 58.4 Å². The van der Waals surface area contributed by atoms with Crippen molar-refractivity contribution >= 4 is 40.0 Å². The first kappa shape index (κ1) is 18.7. The van der Waals surface area contributed by atoms with Gasteiger partial charge in [-0.2, -0.15) is 0 Å². The van der Waals surface area contributed by atoms with Gasteiger partial charge in [-0.1, -0.05) is 24.3 Å². The number of hydrogen-bond acceptors (Lipinski definition) is 4. The van der Waals surface area contributed by atoms with Crippen molar-refractivity contribution < 1.29 is 19.5 Å². The van der Waals surface area contributed by atoms with Crippen LogP contribution in [0.1, 0.15) is 21.7 Å². The minimum Gasteiger partial charge on any atom is -0.480 e. The van der Waals surface area contributed by atoms with Crippen molar-refractivity contribution in [1.29, 1.82) is 0 Å². The third-order valence-electron chi connectivity index (χ3n) is 4.11. The lowest BCUT2D eigenvalue weighted by molar-refractivity contribution is -0.141. The van der Waals surface area contributed by atoms with Gasteiger partial charge in [0, 0.05) is 36.5 Å². The standard InChI is InChI=1S/C19H19N3O4S/c23-17(7-8-20-18(24)16-6-3-9-27-16)22-15(19(25)26)10-12-11-21-14-5-2-1-4-13(12)14/h1-6,9,11,15,21H,7-8,10H2,(H,20,24)(H,22,23)(H,25,26). The third kappa shape index (κ3) is 4.73. The van der Waals surface area contributed by atoms with Gasteiger partial charge in [0.05, 0.1) is 4.88 Å². The van der Waals surface area contributed by atoms with E-state index in [-0.39, 0.29) is 25.3 Å². The summed E-state index contributed by atoms with van der Waals surface area (Å²) < 4.78 is 0. The summed E-state index contributed by atoms with van der Waals surface area (Å²) in [4.78, 5) is 39.1. The molecule has 1 aromatic carbocycles. The molecule has 0 aliphatic rings. The molecule has 7 nitrogen and oxygen atoms in total. The maximum absolute atomic E-state index is 12.1. The third-order valence-corrected chi connectivity index (χ3v) is 4.98. The number of amides is 2. The molecule has 0 bridgehead atoms. The number of carboxylic acids is 1. The Kier molecular flexibility index (Phi) is 5.87. The Morgan fingerprint density at radius 1 is 1.15 bits per heavy atom. The van der Waals surface area contributed by atoms with Gasteiger partial charge < -0.3 is 20.7 Å². The molecule has 8 heteroatoms. The first-order valence-corrected chi connectivity index (χ1v) is 9.31. The van der Waals surface area contributed by atoms with E-state index >= 15 is 0 Å². The second-order valence-corrected chi connectivity index (χ2v) is 6.95. The number of aromatic amines is 1. The highest BCUT2D eigenvalue weighted by Gasteiger charge is 2.21. The van der Waals surface area contributed by atoms with E-state index in [1.54, 1.807) is 23.7 Å². The molecule has 0 saturated carbocycles. The van der Waals surface area contributed by atoms with Gasteiger partial charge in [0.15, 0.2) is 0 Å². The van der Waals surface area contributed by atoms with Crippen LogP contribution in [-0.2, 0) is 16.0 Å². The molecule has 2 heterocycles. The fraction of sp³-hybridized carbons (Fsp3) is 0.211. The highest BCUT2D eigenvalue weighted by molar-refractivity contribution is 7.12. The van der Waals surface area contributed by atoms with Crippen molar-refractivity contribution in [2.75, 3.05) is 6.54 Å². The zero-order valence-electron chi connectivity index (χ0n) is 14.4. The van der Waals surface area contributed by atoms with E-state index in [0.717, 1.165) is 16.5 Å². The van der Waals surface area contributed by atoms with Crippen molar-refractivity contribution in [2.45, 2.75) is 18.9 Å². The molecular formula is C19H19N3O4S. The minimum atomic E-state index is -1.10. The molecule has 4 N–H and O–H groups in total. The van der Waals surface area contributed by atoms with E-state index in [1.807, 2.05) is 24.3 Å². The van der Waals surface area contributed by atoms with Crippen molar-refractivity contribution in [3.8, 4) is 0 Å². The Balaban J connectivity index is 1.53. The average Bonchev–Trinajstić information content (AvgIpc) is 3.31. The van der Waals surface area contributed by atoms with Gasteiger partial charge in [-0.3, -0.25) is 9.59 Å². The zero-order chi connectivity index (χ0) is 19.2. The molecule has 3 aromatic rings. The number of H-pyrrole nitrogens is 1. The zero-order valence-corrected chi connectivity index (χ0v) is 15.2. The second kappa shape index (κ2) is 8.50. The Morgan fingerprint density at radius 3 is 2.70 bits per heavy atom. The minimum absolute atomic E-state index is 0.00871. The van der Waals surface area contributed by atoms with Crippen molar-refractivity contribution in [1.82, 2.24) is 15.6 Å². The quantitative estimate of drug-likeness (QED) is 0.476. The summed E-state index contributed by atoms with van der Waals surface area (Å²) in [5.74, 6) is -1.77. The number of aliphatic carboxylic acids is 1. The number of fused-ring (bicyclic) bond motifs is 1. The lowest BCUT2D eigenvalue weighted by Crippen LogP contribution is -2.43. The normalized spacial score (nSPS) is 11.9. The molecule has 0 radical (unpaired) electrons. The van der Waals surface area contributed by atoms with Gasteiger partial charge >= 0.3 is 5.97 Å². The number of nitrogens with one attached hydrogen (secondary N) is 3. The predicted octanol–water partition coefficient (Wildman–Crippen LogP) is 2.16. The Hall–Kier alpha value is -3.13. The van der Waals surface area contributed by atoms with Crippen LogP contribution in [0.2, 0.25) is 0 Å². The first-order valence-electron chi connectivity index (χ1n) is 8.43. The Morgan fingerprint density at radius 2 is 1.96 bits per heavy atom. The maximum atomic E-state index is 12.1. The van der Waals surface area contributed by atoms with Gasteiger partial charge in [-0.05, 0) is 23.1 Å². The van der Waals surface area contributed by atoms with Crippen LogP contribution in [0.25, 0.3) is 10.9 Å². The summed E-state index contributed by atoms with van der Waals surface area (Å²) in [6.07, 6.45) is 1.94. The van der Waals surface area contributed by atoms with Gasteiger partial charge in [0.2, 0.25) is 5.91 Å². The maximum Gasteiger partial charge on any atom is 0.326 e. The molecule has 3 rings (SSSR count). The van der Waals surface area contributed by atoms with Crippen molar-refractivity contribution in [3.63, 3.8) is 0 Å². The molecule has 2 amide bonds. The highest BCUT2D eigenvalue weighted by atomic mass is 32.1. The summed E-state index contributed by atoms with van der Waals surface area (Å²) in [6, 6.07) is 10.0. The number of benzene rings is 1. The molecule has 1 atom stereocenters. The number of aromatic nitrogens is 1. The molecule has 0 aliphatic carbocycles. The van der Waals surface area contributed by atoms with Crippen LogP contribution >= 0.6 is 11.3 Å². The smallest absolute Gasteiger partial charge is 0.326 e. The number of para-hydroxylation sites is 1. The number of thiophene rings is 1. The van der Waals surface area contributed by atoms with E-state index in [9.17, 15) is 19.5 Å². The van der Waals surface area contributed by atoms with Gasteiger partial charge in [0.25, 0.3) is 5.91 Å². The van der Waals surface area contributed by atoms with E-state index in [0.29, 0.717) is 4.88 Å². The van der Waals surface area contributed by atoms with Crippen LogP contribution in [0.5, 0.6) is 0 Å². The molecule has 1 unspecified atom stereocenters. The van der Waals surface area contributed by atoms with Crippen LogP contribution < -0.4 is 10.6 Å². The SMILES string of the molecule is O=C(CCNC(=O)c1cccs1)NC(Cc1c[nH]c2ccccc12)C(=O)O. The van der Waals surface area contributed by atoms with Crippen LogP contribution in [0, 0.1) is 0 Å². The highest BCUT2D eigenvalue weighted by Crippen LogP contribution is 2.19. The fourth-order valence-corrected chi connectivity index (χ4v) is 3.41. The average molecular weight is 385 g/mol. The van der Waals surface area contributed by atoms with Gasteiger partial charge in [-0.15, -0.1) is 11.3 Å². The molecule has 140 valence electrons. The van der Waals surface area contributed by atoms with E-state index in [4.69, 9.17) is 0 Å². The fourth-order valence-electron chi connectivity index (χ4n) is 2.77. The summed E-state index contributed by atoms with van der Waals surface area (Å²) in [6.45, 7) is 0.141. The van der Waals surface area contributed by atoms with Crippen LogP contribution in [0.3, 0.4) is 0 Å². The molecule has 0 fully saturated rings. The van der Waals surface area contributed by atoms with E-state index < -0.39 is 17.9 Å². The Labute approximate surface area is 159 Å². The summed E-state index contributed by atoms with van der Waals surface area (Å²) >= 11 is 1.31. The monoisotopic (exact) mass is 385 g/mol. The first-order chi connectivity index (χ1) is 13.0. The molecule has 0 spiro atoms. The number of carbonyl (C=O) groups excluding carboxylic acids is 2. The molecule has 0 saturated heterocycles. The second-order valence-electron chi connectivity index (χ2n) is 6.01. The van der Waals surface area contributed by atoms with E-state index in [1.165, 1.54) is 11.3 Å². The van der Waals surface area contributed by atoms with Gasteiger partial charge in [0.1, 0.15) is 6.04 Å². The molecule has 27 heavy (non-hydrogen) atoms. The topological polar surface area (TPSA) is 111 Å². The summed E-state index contributed by atoms with van der Waals surface area (Å²) in [5, 5.41) is 17.3. The molecule has 2 aromatic heterocycles. The van der Waals surface area contributed by atoms with Crippen LogP contribution in [0.4, 0.5) is 0 Å². The number of rotatable bonds is 8. The van der Waals surface area contributed by atoms with Crippen LogP contribution in [0.15, 0.2) is 48.0 Å². The largest absolute Gasteiger partial charge is 0.480 e. The van der Waals surface area contributed by atoms with Crippen LogP contribution in [-0.4, -0.2) is 40.5 Å². The Bertz CT molecular complexity index is 949. The summed E-state index contributed by atoms with van der Waals surface area (Å²) in [5.41, 5.74) is 1.74. The van der Waals surface area contributed by atoms with E-state index in [2.05, 4.69) is 15.6 Å². The number of carbonyl (C=O) groups is 3. The lowest BCUT2D eigenvalue weighted by Gasteiger charge is -2.14. The van der Waals surface area contributed by atoms with Gasteiger partial charge in [-0.25, -0.2) is 4.79 Å². The molecular weight excluding hydrogens is 366 g/mol. The van der Waals surface area contributed by atoms with Crippen molar-refractivity contribution in [2.24, 2.45) is 0 Å². The predicted molar refractivity (Wildman–Crippen MR) is 103 cm³/mol. The molecule has 0 aliphatic heterocycles. The summed E-state index contributed by atoms with van der Waals surface area (Å²) in [7, 11) is 0.